The second-order valence-electron chi connectivity index (χ2n) is 6.59. The van der Waals surface area contributed by atoms with Gasteiger partial charge in [-0.1, -0.05) is 30.3 Å². The molecular formula is C19H17N3O5S2. The zero-order chi connectivity index (χ0) is 20.8. The van der Waals surface area contributed by atoms with Crippen molar-refractivity contribution in [2.75, 3.05) is 6.26 Å². The Kier molecular flexibility index (Phi) is 4.85. The lowest BCUT2D eigenvalue weighted by molar-refractivity contribution is 0.0689. The first-order chi connectivity index (χ1) is 13.8. The molecule has 0 saturated heterocycles. The van der Waals surface area contributed by atoms with Crippen molar-refractivity contribution in [2.45, 2.75) is 17.2 Å². The number of nitrogens with zero attached hydrogens (tertiary/aromatic N) is 2. The molecule has 8 nitrogen and oxygen atoms in total. The van der Waals surface area contributed by atoms with Crippen molar-refractivity contribution >= 4 is 26.8 Å². The molecule has 2 aromatic carbocycles. The molecule has 1 aromatic heterocycles. The zero-order valence-corrected chi connectivity index (χ0v) is 17.0. The number of hydrogen-bond acceptors (Lipinski definition) is 5. The lowest BCUT2D eigenvalue weighted by atomic mass is 10.1. The van der Waals surface area contributed by atoms with Gasteiger partial charge in [0.1, 0.15) is 0 Å². The van der Waals surface area contributed by atoms with Crippen molar-refractivity contribution in [3.05, 3.63) is 65.4 Å². The van der Waals surface area contributed by atoms with Crippen LogP contribution >= 0.6 is 0 Å². The number of hydrogen-bond donors (Lipinski definition) is 2. The minimum Gasteiger partial charge on any atom is -0.476 e. The second-order valence-corrected chi connectivity index (χ2v) is 9.74. The first-order valence-electron chi connectivity index (χ1n) is 8.61. The van der Waals surface area contributed by atoms with Crippen LogP contribution in [0, 0.1) is 0 Å². The van der Waals surface area contributed by atoms with E-state index in [9.17, 15) is 22.5 Å². The Morgan fingerprint density at radius 1 is 1.21 bits per heavy atom. The number of fused-ring (bicyclic) bond motifs is 3. The number of rotatable bonds is 5. The fraction of sp³-hybridized carbons (Fsp3) is 0.158. The molecule has 0 fully saturated rings. The van der Waals surface area contributed by atoms with Gasteiger partial charge >= 0.3 is 5.97 Å². The highest BCUT2D eigenvalue weighted by Gasteiger charge is 2.35. The topological polar surface area (TPSA) is 118 Å². The molecule has 3 aromatic rings. The van der Waals surface area contributed by atoms with E-state index in [1.807, 2.05) is 12.1 Å². The Hall–Kier alpha value is -2.82. The number of carbonyl (C=O) groups is 1. The second kappa shape index (κ2) is 7.21. The predicted octanol–water partition coefficient (Wildman–Crippen LogP) is 1.91. The number of sulfone groups is 1. The number of carboxylic acid groups (broad SMARTS) is 1. The third kappa shape index (κ3) is 3.50. The van der Waals surface area contributed by atoms with Crippen molar-refractivity contribution in [3.63, 3.8) is 0 Å². The number of aromatic nitrogens is 2. The highest BCUT2D eigenvalue weighted by atomic mass is 32.2. The van der Waals surface area contributed by atoms with E-state index in [2.05, 4.69) is 9.82 Å². The first kappa shape index (κ1) is 19.5. The molecule has 2 N–H and O–H groups in total. The predicted molar refractivity (Wildman–Crippen MR) is 108 cm³/mol. The maximum Gasteiger partial charge on any atom is 0.356 e. The van der Waals surface area contributed by atoms with Gasteiger partial charge in [0.2, 0.25) is 0 Å². The summed E-state index contributed by atoms with van der Waals surface area (Å²) in [6.45, 7) is 0.419. The zero-order valence-electron chi connectivity index (χ0n) is 15.3. The maximum absolute atomic E-state index is 12.7. The van der Waals surface area contributed by atoms with Gasteiger partial charge in [-0.05, 0) is 23.8 Å². The van der Waals surface area contributed by atoms with E-state index in [1.165, 1.54) is 10.7 Å². The van der Waals surface area contributed by atoms with Gasteiger partial charge in [-0.15, -0.1) is 0 Å². The molecule has 0 aliphatic carbocycles. The van der Waals surface area contributed by atoms with Gasteiger partial charge in [0.25, 0.3) is 0 Å². The van der Waals surface area contributed by atoms with Crippen LogP contribution in [0.25, 0.3) is 16.9 Å². The van der Waals surface area contributed by atoms with Crippen molar-refractivity contribution in [3.8, 4) is 16.9 Å². The van der Waals surface area contributed by atoms with Gasteiger partial charge in [0, 0.05) is 23.9 Å². The molecule has 150 valence electrons. The maximum atomic E-state index is 12.7. The third-order valence-corrected chi connectivity index (χ3v) is 6.90. The number of aromatic carboxylic acids is 1. The fourth-order valence-electron chi connectivity index (χ4n) is 3.36. The van der Waals surface area contributed by atoms with E-state index in [0.717, 1.165) is 5.56 Å². The van der Waals surface area contributed by atoms with Gasteiger partial charge in [0.15, 0.2) is 15.5 Å². The van der Waals surface area contributed by atoms with Crippen LogP contribution in [-0.4, -0.2) is 39.7 Å². The molecule has 0 spiro atoms. The normalized spacial score (nSPS) is 15.3. The third-order valence-electron chi connectivity index (χ3n) is 4.66. The van der Waals surface area contributed by atoms with Crippen LogP contribution in [-0.2, 0) is 33.1 Å². The van der Waals surface area contributed by atoms with Crippen LogP contribution in [0.2, 0.25) is 0 Å². The van der Waals surface area contributed by atoms with Crippen LogP contribution in [0.5, 0.6) is 0 Å². The highest BCUT2D eigenvalue weighted by molar-refractivity contribution is 7.91. The average Bonchev–Trinajstić information content (AvgIpc) is 3.06. The quantitative estimate of drug-likeness (QED) is 0.637. The molecule has 29 heavy (non-hydrogen) atoms. The molecule has 10 heteroatoms. The van der Waals surface area contributed by atoms with Crippen LogP contribution in [0.3, 0.4) is 0 Å². The largest absolute Gasteiger partial charge is 0.476 e. The summed E-state index contributed by atoms with van der Waals surface area (Å²) in [4.78, 5) is 11.9. The number of carboxylic acids is 1. The van der Waals surface area contributed by atoms with E-state index < -0.39 is 32.5 Å². The molecule has 0 bridgehead atoms. The summed E-state index contributed by atoms with van der Waals surface area (Å²) in [5, 5.41) is 13.8. The van der Waals surface area contributed by atoms with Crippen molar-refractivity contribution in [1.82, 2.24) is 14.5 Å². The Bertz CT molecular complexity index is 1250. The van der Waals surface area contributed by atoms with E-state index in [-0.39, 0.29) is 16.2 Å². The van der Waals surface area contributed by atoms with Crippen LogP contribution in [0.4, 0.5) is 0 Å². The monoisotopic (exact) mass is 431 g/mol. The van der Waals surface area contributed by atoms with Gasteiger partial charge in [-0.25, -0.2) is 26.8 Å². The molecule has 0 radical (unpaired) electrons. The summed E-state index contributed by atoms with van der Waals surface area (Å²) >= 11 is 0. The van der Waals surface area contributed by atoms with E-state index in [1.54, 1.807) is 36.6 Å². The molecular weight excluding hydrogens is 414 g/mol. The molecule has 1 unspecified atom stereocenters. The van der Waals surface area contributed by atoms with E-state index in [4.69, 9.17) is 0 Å². The Balaban J connectivity index is 1.88. The Labute approximate surface area is 169 Å². The van der Waals surface area contributed by atoms with Gasteiger partial charge in [-0.3, -0.25) is 0 Å². The van der Waals surface area contributed by atoms with Crippen molar-refractivity contribution < 1.29 is 22.5 Å². The summed E-state index contributed by atoms with van der Waals surface area (Å²) in [7, 11) is -4.79. The Morgan fingerprint density at radius 3 is 2.55 bits per heavy atom. The molecule has 4 rings (SSSR count). The highest BCUT2D eigenvalue weighted by Crippen LogP contribution is 2.40. The fourth-order valence-corrected chi connectivity index (χ4v) is 5.33. The van der Waals surface area contributed by atoms with Gasteiger partial charge in [-0.2, -0.15) is 5.10 Å². The van der Waals surface area contributed by atoms with E-state index in [0.29, 0.717) is 23.5 Å². The summed E-state index contributed by atoms with van der Waals surface area (Å²) in [6.07, 6.45) is 1.54. The number of nitrogens with one attached hydrogen (secondary N) is 1. The molecule has 1 atom stereocenters. The average molecular weight is 431 g/mol. The SMILES string of the molecule is CS(=O)NCc1ccc(-n2nc(C(=O)O)c3c2-c2ccccc2S(=O)(=O)C3)cc1. The lowest BCUT2D eigenvalue weighted by Gasteiger charge is -2.19. The number of benzene rings is 2. The van der Waals surface area contributed by atoms with Crippen molar-refractivity contribution in [1.29, 1.82) is 0 Å². The van der Waals surface area contributed by atoms with Crippen molar-refractivity contribution in [2.24, 2.45) is 0 Å². The van der Waals surface area contributed by atoms with Gasteiger partial charge in [0.05, 0.1) is 33.0 Å². The molecule has 0 amide bonds. The summed E-state index contributed by atoms with van der Waals surface area (Å²) in [5.41, 5.74) is 2.30. The van der Waals surface area contributed by atoms with Crippen LogP contribution in [0.15, 0.2) is 53.4 Å². The minimum absolute atomic E-state index is 0.164. The molecule has 0 saturated carbocycles. The summed E-state index contributed by atoms with van der Waals surface area (Å²) < 4.78 is 40.8. The molecule has 1 aliphatic heterocycles. The Morgan fingerprint density at radius 2 is 1.90 bits per heavy atom. The minimum atomic E-state index is -3.66. The molecule has 2 heterocycles. The smallest absolute Gasteiger partial charge is 0.356 e. The van der Waals surface area contributed by atoms with Crippen LogP contribution < -0.4 is 4.72 Å². The standard InChI is InChI=1S/C19H17N3O5S2/c1-28(25)20-10-12-6-8-13(9-7-12)22-18-14-4-2-3-5-16(14)29(26,27)11-15(18)17(21-22)19(23)24/h2-9,20H,10-11H2,1H3,(H,23,24). The lowest BCUT2D eigenvalue weighted by Crippen LogP contribution is -2.15. The molecule has 1 aliphatic rings. The van der Waals surface area contributed by atoms with Gasteiger partial charge < -0.3 is 5.11 Å². The van der Waals surface area contributed by atoms with Crippen LogP contribution in [0.1, 0.15) is 21.6 Å². The summed E-state index contributed by atoms with van der Waals surface area (Å²) in [5.74, 6) is -1.69. The first-order valence-corrected chi connectivity index (χ1v) is 11.8. The van der Waals surface area contributed by atoms with E-state index >= 15 is 0 Å². The summed E-state index contributed by atoms with van der Waals surface area (Å²) in [6, 6.07) is 13.7.